The topological polar surface area (TPSA) is 0 Å². The van der Waals surface area contributed by atoms with E-state index in [0.717, 1.165) is 11.3 Å². The van der Waals surface area contributed by atoms with E-state index in [4.69, 9.17) is 0 Å². The Kier molecular flexibility index (Phi) is 2.96. The molecule has 0 bridgehead atoms. The Morgan fingerprint density at radius 2 is 1.31 bits per heavy atom. The highest BCUT2D eigenvalue weighted by Gasteiger charge is 2.35. The molecule has 0 aromatic carbocycles. The third-order valence-corrected chi connectivity index (χ3v) is 4.59. The minimum Gasteiger partial charge on any atom is -0.0594 e. The quantitative estimate of drug-likeness (QED) is 0.520. The van der Waals surface area contributed by atoms with Crippen LogP contribution < -0.4 is 0 Å². The van der Waals surface area contributed by atoms with Crippen LogP contribution in [0.5, 0.6) is 0 Å². The average molecular weight is 180 g/mol. The van der Waals surface area contributed by atoms with Crippen molar-refractivity contribution in [1.29, 1.82) is 0 Å². The van der Waals surface area contributed by atoms with Crippen molar-refractivity contribution < 1.29 is 0 Å². The molecule has 2 fully saturated rings. The van der Waals surface area contributed by atoms with Gasteiger partial charge in [-0.25, -0.2) is 0 Å². The van der Waals surface area contributed by atoms with Gasteiger partial charge in [0.2, 0.25) is 0 Å². The molecular weight excluding hydrogens is 156 g/mol. The molecule has 0 saturated heterocycles. The summed E-state index contributed by atoms with van der Waals surface area (Å²) < 4.78 is 0. The van der Waals surface area contributed by atoms with Gasteiger partial charge in [-0.3, -0.25) is 0 Å². The summed E-state index contributed by atoms with van der Waals surface area (Å²) in [4.78, 5) is 0. The summed E-state index contributed by atoms with van der Waals surface area (Å²) in [6, 6.07) is 0. The molecule has 0 aromatic heterocycles. The van der Waals surface area contributed by atoms with E-state index in [-0.39, 0.29) is 0 Å². The number of hydrogen-bond donors (Lipinski definition) is 0. The molecule has 0 spiro atoms. The molecule has 0 radical (unpaired) electrons. The highest BCUT2D eigenvalue weighted by Crippen LogP contribution is 2.47. The van der Waals surface area contributed by atoms with Crippen LogP contribution in [0.25, 0.3) is 0 Å². The van der Waals surface area contributed by atoms with Crippen LogP contribution in [-0.2, 0) is 0 Å². The molecule has 0 atom stereocenters. The predicted molar refractivity (Wildman–Crippen MR) is 57.8 cm³/mol. The summed E-state index contributed by atoms with van der Waals surface area (Å²) in [5.41, 5.74) is 0.743. The van der Waals surface area contributed by atoms with Crippen LogP contribution in [-0.4, -0.2) is 0 Å². The van der Waals surface area contributed by atoms with Crippen LogP contribution in [0.2, 0.25) is 0 Å². The zero-order valence-electron chi connectivity index (χ0n) is 9.15. The van der Waals surface area contributed by atoms with Crippen LogP contribution in [0.1, 0.15) is 71.1 Å². The summed E-state index contributed by atoms with van der Waals surface area (Å²) >= 11 is 0. The SMILES string of the molecule is CC1(C2CCCC2)CCCCCC1. The van der Waals surface area contributed by atoms with Crippen molar-refractivity contribution in [2.24, 2.45) is 11.3 Å². The van der Waals surface area contributed by atoms with E-state index >= 15 is 0 Å². The average Bonchev–Trinajstić information content (AvgIpc) is 2.57. The Labute approximate surface area is 83.1 Å². The van der Waals surface area contributed by atoms with Crippen molar-refractivity contribution in [1.82, 2.24) is 0 Å². The summed E-state index contributed by atoms with van der Waals surface area (Å²) in [6.07, 6.45) is 15.2. The first-order chi connectivity index (χ1) is 6.31. The highest BCUT2D eigenvalue weighted by atomic mass is 14.4. The van der Waals surface area contributed by atoms with Crippen molar-refractivity contribution in [2.45, 2.75) is 71.1 Å². The van der Waals surface area contributed by atoms with Crippen LogP contribution in [0.4, 0.5) is 0 Å². The lowest BCUT2D eigenvalue weighted by Crippen LogP contribution is -2.24. The third kappa shape index (κ3) is 2.08. The number of rotatable bonds is 1. The van der Waals surface area contributed by atoms with E-state index in [2.05, 4.69) is 6.92 Å². The maximum absolute atomic E-state index is 2.58. The Balaban J connectivity index is 1.98. The third-order valence-electron chi connectivity index (χ3n) is 4.59. The number of hydrogen-bond acceptors (Lipinski definition) is 0. The van der Waals surface area contributed by atoms with Gasteiger partial charge in [-0.1, -0.05) is 45.4 Å². The Morgan fingerprint density at radius 1 is 0.769 bits per heavy atom. The maximum atomic E-state index is 2.58. The molecule has 2 rings (SSSR count). The van der Waals surface area contributed by atoms with Crippen LogP contribution in [0.15, 0.2) is 0 Å². The van der Waals surface area contributed by atoms with Gasteiger partial charge < -0.3 is 0 Å². The highest BCUT2D eigenvalue weighted by molar-refractivity contribution is 4.86. The van der Waals surface area contributed by atoms with E-state index in [1.54, 1.807) is 0 Å². The Morgan fingerprint density at radius 3 is 1.85 bits per heavy atom. The summed E-state index contributed by atoms with van der Waals surface area (Å²) in [5, 5.41) is 0. The molecule has 0 aromatic rings. The second kappa shape index (κ2) is 4.02. The van der Waals surface area contributed by atoms with E-state index < -0.39 is 0 Å². The zero-order chi connectivity index (χ0) is 9.15. The molecule has 2 aliphatic rings. The van der Waals surface area contributed by atoms with Gasteiger partial charge in [0.1, 0.15) is 0 Å². The van der Waals surface area contributed by atoms with Gasteiger partial charge in [0.15, 0.2) is 0 Å². The molecule has 0 N–H and O–H groups in total. The summed E-state index contributed by atoms with van der Waals surface area (Å²) in [7, 11) is 0. The molecule has 0 aliphatic heterocycles. The minimum absolute atomic E-state index is 0.743. The van der Waals surface area contributed by atoms with Crippen LogP contribution >= 0.6 is 0 Å². The lowest BCUT2D eigenvalue weighted by molar-refractivity contribution is 0.160. The normalized spacial score (nSPS) is 30.2. The van der Waals surface area contributed by atoms with E-state index in [1.165, 1.54) is 64.2 Å². The Bertz CT molecular complexity index is 145. The first kappa shape index (κ1) is 9.55. The van der Waals surface area contributed by atoms with Gasteiger partial charge in [-0.2, -0.15) is 0 Å². The largest absolute Gasteiger partial charge is 0.0594 e. The lowest BCUT2D eigenvalue weighted by atomic mass is 9.71. The molecule has 0 heterocycles. The molecular formula is C13H24. The van der Waals surface area contributed by atoms with Crippen molar-refractivity contribution in [3.8, 4) is 0 Å². The second-order valence-electron chi connectivity index (χ2n) is 5.55. The Hall–Kier alpha value is 0. The van der Waals surface area contributed by atoms with Gasteiger partial charge >= 0.3 is 0 Å². The van der Waals surface area contributed by atoms with Gasteiger partial charge in [-0.15, -0.1) is 0 Å². The fraction of sp³-hybridized carbons (Fsp3) is 1.00. The summed E-state index contributed by atoms with van der Waals surface area (Å²) in [6.45, 7) is 2.58. The molecule has 2 aliphatic carbocycles. The van der Waals surface area contributed by atoms with E-state index in [9.17, 15) is 0 Å². The van der Waals surface area contributed by atoms with Crippen molar-refractivity contribution in [3.05, 3.63) is 0 Å². The van der Waals surface area contributed by atoms with Crippen molar-refractivity contribution in [2.75, 3.05) is 0 Å². The fourth-order valence-corrected chi connectivity index (χ4v) is 3.57. The molecule has 0 amide bonds. The fourth-order valence-electron chi connectivity index (χ4n) is 3.57. The molecule has 0 nitrogen and oxygen atoms in total. The van der Waals surface area contributed by atoms with Crippen molar-refractivity contribution in [3.63, 3.8) is 0 Å². The van der Waals surface area contributed by atoms with Gasteiger partial charge in [0, 0.05) is 0 Å². The first-order valence-electron chi connectivity index (χ1n) is 6.31. The van der Waals surface area contributed by atoms with Crippen LogP contribution in [0, 0.1) is 11.3 Å². The van der Waals surface area contributed by atoms with Gasteiger partial charge in [-0.05, 0) is 37.0 Å². The summed E-state index contributed by atoms with van der Waals surface area (Å²) in [5.74, 6) is 1.09. The van der Waals surface area contributed by atoms with Gasteiger partial charge in [0.25, 0.3) is 0 Å². The monoisotopic (exact) mass is 180 g/mol. The van der Waals surface area contributed by atoms with Crippen LogP contribution in [0.3, 0.4) is 0 Å². The molecule has 0 heteroatoms. The predicted octanol–water partition coefficient (Wildman–Crippen LogP) is 4.54. The molecule has 2 saturated carbocycles. The van der Waals surface area contributed by atoms with Crippen molar-refractivity contribution >= 4 is 0 Å². The molecule has 76 valence electrons. The molecule has 13 heavy (non-hydrogen) atoms. The molecule has 0 unspecified atom stereocenters. The second-order valence-corrected chi connectivity index (χ2v) is 5.55. The maximum Gasteiger partial charge on any atom is -0.0298 e. The first-order valence-corrected chi connectivity index (χ1v) is 6.31. The van der Waals surface area contributed by atoms with E-state index in [0.29, 0.717) is 0 Å². The smallest absolute Gasteiger partial charge is 0.0298 e. The van der Waals surface area contributed by atoms with Gasteiger partial charge in [0.05, 0.1) is 0 Å². The zero-order valence-corrected chi connectivity index (χ0v) is 9.15. The van der Waals surface area contributed by atoms with E-state index in [1.807, 2.05) is 0 Å². The minimum atomic E-state index is 0.743. The lowest BCUT2D eigenvalue weighted by Gasteiger charge is -2.34. The standard InChI is InChI=1S/C13H24/c1-13(12-8-4-5-9-12)10-6-2-3-7-11-13/h12H,2-11H2,1H3.